The van der Waals surface area contributed by atoms with Crippen LogP contribution in [-0.4, -0.2) is 35.2 Å². The van der Waals surface area contributed by atoms with E-state index >= 15 is 0 Å². The van der Waals surface area contributed by atoms with Crippen molar-refractivity contribution in [2.24, 2.45) is 5.73 Å². The third-order valence-corrected chi connectivity index (χ3v) is 3.65. The number of nitro groups is 1. The second-order valence-electron chi connectivity index (χ2n) is 5.34. The number of ether oxygens (including phenoxy) is 1. The molecule has 1 fully saturated rings. The van der Waals surface area contributed by atoms with Crippen molar-refractivity contribution in [1.82, 2.24) is 4.98 Å². The van der Waals surface area contributed by atoms with Crippen molar-refractivity contribution in [3.05, 3.63) is 28.4 Å². The molecule has 0 aliphatic heterocycles. The lowest BCUT2D eigenvalue weighted by atomic mass is 9.94. The summed E-state index contributed by atoms with van der Waals surface area (Å²) in [7, 11) is 0. The third kappa shape index (κ3) is 5.28. The van der Waals surface area contributed by atoms with Gasteiger partial charge in [-0.05, 0) is 32.1 Å². The number of anilines is 1. The zero-order valence-corrected chi connectivity index (χ0v) is 12.0. The molecule has 1 aliphatic carbocycles. The largest absolute Gasteiger partial charge is 0.378 e. The second-order valence-corrected chi connectivity index (χ2v) is 5.34. The van der Waals surface area contributed by atoms with Crippen molar-refractivity contribution in [1.29, 1.82) is 0 Å². The molecule has 0 radical (unpaired) electrons. The number of hydrogen-bond acceptors (Lipinski definition) is 6. The smallest absolute Gasteiger partial charge is 0.274 e. The first-order valence-electron chi connectivity index (χ1n) is 7.36. The average molecular weight is 294 g/mol. The van der Waals surface area contributed by atoms with Gasteiger partial charge < -0.3 is 15.8 Å². The molecule has 0 aromatic carbocycles. The van der Waals surface area contributed by atoms with E-state index in [-0.39, 0.29) is 5.69 Å². The van der Waals surface area contributed by atoms with E-state index in [4.69, 9.17) is 10.5 Å². The summed E-state index contributed by atoms with van der Waals surface area (Å²) in [5, 5.41) is 13.7. The number of aromatic nitrogens is 1. The Balaban J connectivity index is 1.61. The van der Waals surface area contributed by atoms with Crippen molar-refractivity contribution in [2.45, 2.75) is 44.2 Å². The molecule has 3 N–H and O–H groups in total. The van der Waals surface area contributed by atoms with Crippen molar-refractivity contribution >= 4 is 11.5 Å². The minimum Gasteiger partial charge on any atom is -0.378 e. The number of nitrogens with zero attached hydrogens (tertiary/aromatic N) is 2. The van der Waals surface area contributed by atoms with Gasteiger partial charge in [-0.25, -0.2) is 4.98 Å². The lowest BCUT2D eigenvalue weighted by molar-refractivity contribution is -0.384. The van der Waals surface area contributed by atoms with Gasteiger partial charge in [0.25, 0.3) is 5.69 Å². The lowest BCUT2D eigenvalue weighted by Gasteiger charge is -2.26. The van der Waals surface area contributed by atoms with E-state index in [0.29, 0.717) is 31.1 Å². The third-order valence-electron chi connectivity index (χ3n) is 3.65. The number of pyridine rings is 1. The summed E-state index contributed by atoms with van der Waals surface area (Å²) in [4.78, 5) is 14.3. The van der Waals surface area contributed by atoms with E-state index in [9.17, 15) is 10.1 Å². The van der Waals surface area contributed by atoms with E-state index in [1.165, 1.54) is 18.3 Å². The van der Waals surface area contributed by atoms with Gasteiger partial charge in [-0.15, -0.1) is 0 Å². The van der Waals surface area contributed by atoms with Crippen molar-refractivity contribution in [2.75, 3.05) is 18.5 Å². The van der Waals surface area contributed by atoms with Gasteiger partial charge in [-0.1, -0.05) is 0 Å². The first-order chi connectivity index (χ1) is 10.1. The Morgan fingerprint density at radius 3 is 2.90 bits per heavy atom. The van der Waals surface area contributed by atoms with Gasteiger partial charge in [0.1, 0.15) is 5.82 Å². The maximum absolute atomic E-state index is 10.6. The van der Waals surface area contributed by atoms with Crippen molar-refractivity contribution < 1.29 is 9.66 Å². The molecule has 1 aromatic rings. The Kier molecular flexibility index (Phi) is 5.89. The molecular weight excluding hydrogens is 272 g/mol. The van der Waals surface area contributed by atoms with Crippen molar-refractivity contribution in [3.63, 3.8) is 0 Å². The van der Waals surface area contributed by atoms with Crippen LogP contribution >= 0.6 is 0 Å². The van der Waals surface area contributed by atoms with Crippen LogP contribution in [0.2, 0.25) is 0 Å². The highest BCUT2D eigenvalue weighted by Gasteiger charge is 2.18. The maximum atomic E-state index is 10.6. The van der Waals surface area contributed by atoms with Gasteiger partial charge in [0.15, 0.2) is 0 Å². The molecule has 0 unspecified atom stereocenters. The summed E-state index contributed by atoms with van der Waals surface area (Å²) in [5.74, 6) is 0.521. The summed E-state index contributed by atoms with van der Waals surface area (Å²) in [6.07, 6.45) is 6.78. The molecule has 2 rings (SSSR count). The van der Waals surface area contributed by atoms with Gasteiger partial charge in [0.05, 0.1) is 17.1 Å². The van der Waals surface area contributed by atoms with Crippen LogP contribution in [0.4, 0.5) is 11.5 Å². The van der Waals surface area contributed by atoms with Crippen LogP contribution in [-0.2, 0) is 4.74 Å². The second kappa shape index (κ2) is 7.90. The minimum atomic E-state index is -0.427. The predicted molar refractivity (Wildman–Crippen MR) is 80.2 cm³/mol. The molecule has 0 spiro atoms. The fourth-order valence-corrected chi connectivity index (χ4v) is 2.42. The molecule has 7 heteroatoms. The summed E-state index contributed by atoms with van der Waals surface area (Å²) in [5.41, 5.74) is 5.89. The summed E-state index contributed by atoms with van der Waals surface area (Å²) >= 11 is 0. The topological polar surface area (TPSA) is 103 Å². The highest BCUT2D eigenvalue weighted by molar-refractivity contribution is 5.43. The SMILES string of the molecule is NC1CCC(OCCCNc2cc([N+](=O)[O-])ccn2)CC1. The quantitative estimate of drug-likeness (QED) is 0.453. The fraction of sp³-hybridized carbons (Fsp3) is 0.643. The van der Waals surface area contributed by atoms with E-state index in [0.717, 1.165) is 32.1 Å². The van der Waals surface area contributed by atoms with Gasteiger partial charge in [0.2, 0.25) is 0 Å². The summed E-state index contributed by atoms with van der Waals surface area (Å²) < 4.78 is 5.81. The molecule has 1 heterocycles. The predicted octanol–water partition coefficient (Wildman–Crippen LogP) is 2.08. The number of rotatable bonds is 7. The Morgan fingerprint density at radius 2 is 2.19 bits per heavy atom. The molecular formula is C14H22N4O3. The number of nitrogens with two attached hydrogens (primary N) is 1. The Bertz CT molecular complexity index is 461. The first kappa shape index (κ1) is 15.7. The number of nitrogens with one attached hydrogen (secondary N) is 1. The Labute approximate surface area is 124 Å². The van der Waals surface area contributed by atoms with Crippen LogP contribution in [0.25, 0.3) is 0 Å². The maximum Gasteiger partial charge on any atom is 0.274 e. The van der Waals surface area contributed by atoms with Crippen LogP contribution < -0.4 is 11.1 Å². The van der Waals surface area contributed by atoms with E-state index in [1.54, 1.807) is 0 Å². The minimum absolute atomic E-state index is 0.0438. The Hall–Kier alpha value is -1.73. The molecule has 0 amide bonds. The van der Waals surface area contributed by atoms with E-state index < -0.39 is 4.92 Å². The normalized spacial score (nSPS) is 22.0. The van der Waals surface area contributed by atoms with Gasteiger partial charge in [-0.3, -0.25) is 10.1 Å². The average Bonchev–Trinajstić information content (AvgIpc) is 2.49. The van der Waals surface area contributed by atoms with E-state index in [1.807, 2.05) is 0 Å². The molecule has 0 atom stereocenters. The number of hydrogen-bond donors (Lipinski definition) is 2. The first-order valence-corrected chi connectivity index (χ1v) is 7.36. The standard InChI is InChI=1S/C14H22N4O3/c15-11-2-4-13(5-3-11)21-9-1-7-16-14-10-12(18(19)20)6-8-17-14/h6,8,10-11,13H,1-5,7,9,15H2,(H,16,17). The molecule has 1 aliphatic rings. The molecule has 1 aromatic heterocycles. The van der Waals surface area contributed by atoms with E-state index in [2.05, 4.69) is 10.3 Å². The Morgan fingerprint density at radius 1 is 1.43 bits per heavy atom. The molecule has 0 bridgehead atoms. The lowest BCUT2D eigenvalue weighted by Crippen LogP contribution is -2.30. The summed E-state index contributed by atoms with van der Waals surface area (Å²) in [6, 6.07) is 3.15. The fourth-order valence-electron chi connectivity index (χ4n) is 2.42. The van der Waals surface area contributed by atoms with Crippen molar-refractivity contribution in [3.8, 4) is 0 Å². The molecule has 7 nitrogen and oxygen atoms in total. The van der Waals surface area contributed by atoms with Gasteiger partial charge in [0, 0.05) is 31.5 Å². The van der Waals surface area contributed by atoms with Crippen LogP contribution in [0.5, 0.6) is 0 Å². The van der Waals surface area contributed by atoms with Gasteiger partial charge in [-0.2, -0.15) is 0 Å². The monoisotopic (exact) mass is 294 g/mol. The van der Waals surface area contributed by atoms with Crippen LogP contribution in [0, 0.1) is 10.1 Å². The molecule has 21 heavy (non-hydrogen) atoms. The molecule has 1 saturated carbocycles. The molecule has 116 valence electrons. The zero-order valence-electron chi connectivity index (χ0n) is 12.0. The summed E-state index contributed by atoms with van der Waals surface area (Å²) in [6.45, 7) is 1.36. The van der Waals surface area contributed by atoms with Crippen LogP contribution in [0.1, 0.15) is 32.1 Å². The zero-order chi connectivity index (χ0) is 15.1. The van der Waals surface area contributed by atoms with Crippen LogP contribution in [0.3, 0.4) is 0 Å². The van der Waals surface area contributed by atoms with Gasteiger partial charge >= 0.3 is 0 Å². The highest BCUT2D eigenvalue weighted by Crippen LogP contribution is 2.20. The molecule has 0 saturated heterocycles. The van der Waals surface area contributed by atoms with Crippen LogP contribution in [0.15, 0.2) is 18.3 Å². The highest BCUT2D eigenvalue weighted by atomic mass is 16.6.